The van der Waals surface area contributed by atoms with Gasteiger partial charge < -0.3 is 9.47 Å². The predicted molar refractivity (Wildman–Crippen MR) is 84.8 cm³/mol. The number of methoxy groups -OCH3 is 1. The zero-order valence-electron chi connectivity index (χ0n) is 12.6. The molecule has 1 aromatic rings. The summed E-state index contributed by atoms with van der Waals surface area (Å²) in [6.07, 6.45) is 2.63. The molecule has 1 aliphatic carbocycles. The molecule has 1 fully saturated rings. The van der Waals surface area contributed by atoms with Gasteiger partial charge in [0.2, 0.25) is 5.91 Å². The van der Waals surface area contributed by atoms with Crippen LogP contribution in [0.25, 0.3) is 0 Å². The van der Waals surface area contributed by atoms with Crippen molar-refractivity contribution in [2.45, 2.75) is 26.2 Å². The van der Waals surface area contributed by atoms with Gasteiger partial charge >= 0.3 is 0 Å². The van der Waals surface area contributed by atoms with Gasteiger partial charge in [0, 0.05) is 11.5 Å². The van der Waals surface area contributed by atoms with Gasteiger partial charge in [0.25, 0.3) is 5.91 Å². The second kappa shape index (κ2) is 7.49. The van der Waals surface area contributed by atoms with Crippen molar-refractivity contribution in [2.24, 2.45) is 5.92 Å². The highest BCUT2D eigenvalue weighted by atomic mass is 79.9. The summed E-state index contributed by atoms with van der Waals surface area (Å²) in [6, 6.07) is 3.21. The number of hydrogen-bond acceptors (Lipinski definition) is 4. The zero-order chi connectivity index (χ0) is 16.1. The van der Waals surface area contributed by atoms with Gasteiger partial charge in [0.15, 0.2) is 11.5 Å². The van der Waals surface area contributed by atoms with Gasteiger partial charge in [0.1, 0.15) is 0 Å². The number of amides is 2. The first kappa shape index (κ1) is 16.6. The largest absolute Gasteiger partial charge is 0.493 e. The summed E-state index contributed by atoms with van der Waals surface area (Å²) in [7, 11) is 1.51. The molecule has 0 spiro atoms. The number of rotatable bonds is 6. The van der Waals surface area contributed by atoms with E-state index < -0.39 is 5.91 Å². The maximum atomic E-state index is 12.1. The van der Waals surface area contributed by atoms with Crippen LogP contribution in [-0.4, -0.2) is 25.5 Å². The molecule has 0 aliphatic heterocycles. The molecule has 1 saturated carbocycles. The van der Waals surface area contributed by atoms with Crippen molar-refractivity contribution in [3.63, 3.8) is 0 Å². The molecule has 2 amide bonds. The summed E-state index contributed by atoms with van der Waals surface area (Å²) < 4.78 is 11.5. The van der Waals surface area contributed by atoms with Gasteiger partial charge in [-0.1, -0.05) is 6.92 Å². The van der Waals surface area contributed by atoms with Crippen molar-refractivity contribution in [3.8, 4) is 11.5 Å². The maximum absolute atomic E-state index is 12.1. The Morgan fingerprint density at radius 3 is 2.64 bits per heavy atom. The number of ether oxygens (including phenoxy) is 2. The first-order valence-corrected chi connectivity index (χ1v) is 7.96. The van der Waals surface area contributed by atoms with Crippen LogP contribution in [0.5, 0.6) is 11.5 Å². The van der Waals surface area contributed by atoms with Crippen molar-refractivity contribution < 1.29 is 19.1 Å². The van der Waals surface area contributed by atoms with Crippen LogP contribution in [0.2, 0.25) is 0 Å². The van der Waals surface area contributed by atoms with E-state index in [4.69, 9.17) is 9.47 Å². The lowest BCUT2D eigenvalue weighted by molar-refractivity contribution is -0.123. The second-order valence-corrected chi connectivity index (χ2v) is 5.91. The van der Waals surface area contributed by atoms with Crippen LogP contribution in [0.4, 0.5) is 0 Å². The highest BCUT2D eigenvalue weighted by molar-refractivity contribution is 9.10. The lowest BCUT2D eigenvalue weighted by Gasteiger charge is -2.14. The number of carbonyl (C=O) groups is 2. The van der Waals surface area contributed by atoms with E-state index >= 15 is 0 Å². The van der Waals surface area contributed by atoms with Crippen LogP contribution in [-0.2, 0) is 4.79 Å². The van der Waals surface area contributed by atoms with E-state index in [0.29, 0.717) is 28.1 Å². The van der Waals surface area contributed by atoms with E-state index in [1.54, 1.807) is 12.1 Å². The van der Waals surface area contributed by atoms with E-state index in [0.717, 1.165) is 19.3 Å². The molecular weight excluding hydrogens is 352 g/mol. The lowest BCUT2D eigenvalue weighted by atomic mass is 10.2. The molecule has 0 aromatic heterocycles. The third-order valence-corrected chi connectivity index (χ3v) is 3.78. The number of benzene rings is 1. The van der Waals surface area contributed by atoms with E-state index in [2.05, 4.69) is 26.8 Å². The Labute approximate surface area is 137 Å². The Bertz CT molecular complexity index is 573. The van der Waals surface area contributed by atoms with E-state index in [1.807, 2.05) is 6.92 Å². The topological polar surface area (TPSA) is 76.7 Å². The van der Waals surface area contributed by atoms with E-state index in [1.165, 1.54) is 7.11 Å². The molecule has 2 N–H and O–H groups in total. The molecule has 2 rings (SSSR count). The molecular formula is C15H19BrN2O4. The quantitative estimate of drug-likeness (QED) is 0.753. The summed E-state index contributed by atoms with van der Waals surface area (Å²) in [5.41, 5.74) is 5.19. The summed E-state index contributed by atoms with van der Waals surface area (Å²) in [5, 5.41) is 0. The fraction of sp³-hybridized carbons (Fsp3) is 0.467. The highest BCUT2D eigenvalue weighted by Gasteiger charge is 2.29. The average molecular weight is 371 g/mol. The SMILES string of the molecule is CCCOc1c(Br)cc(C(=O)NNC(=O)C2CC2)cc1OC. The Morgan fingerprint density at radius 1 is 1.32 bits per heavy atom. The van der Waals surface area contributed by atoms with Crippen LogP contribution in [0.15, 0.2) is 16.6 Å². The molecule has 0 radical (unpaired) electrons. The minimum absolute atomic E-state index is 0.0337. The van der Waals surface area contributed by atoms with Gasteiger partial charge in [-0.15, -0.1) is 0 Å². The lowest BCUT2D eigenvalue weighted by Crippen LogP contribution is -2.42. The minimum atomic E-state index is -0.407. The van der Waals surface area contributed by atoms with Gasteiger partial charge in [-0.2, -0.15) is 0 Å². The molecule has 0 bridgehead atoms. The number of hydrogen-bond donors (Lipinski definition) is 2. The third-order valence-electron chi connectivity index (χ3n) is 3.19. The van der Waals surface area contributed by atoms with Gasteiger partial charge in [0.05, 0.1) is 18.2 Å². The molecule has 0 saturated heterocycles. The van der Waals surface area contributed by atoms with Crippen LogP contribution >= 0.6 is 15.9 Å². The smallest absolute Gasteiger partial charge is 0.269 e. The van der Waals surface area contributed by atoms with E-state index in [9.17, 15) is 9.59 Å². The van der Waals surface area contributed by atoms with Crippen molar-refractivity contribution in [2.75, 3.05) is 13.7 Å². The molecule has 0 atom stereocenters. The third kappa shape index (κ3) is 4.13. The molecule has 22 heavy (non-hydrogen) atoms. The van der Waals surface area contributed by atoms with Crippen molar-refractivity contribution in [1.82, 2.24) is 10.9 Å². The minimum Gasteiger partial charge on any atom is -0.493 e. The number of halogens is 1. The van der Waals surface area contributed by atoms with Crippen LogP contribution in [0.3, 0.4) is 0 Å². The first-order valence-electron chi connectivity index (χ1n) is 7.17. The van der Waals surface area contributed by atoms with Gasteiger partial charge in [-0.3, -0.25) is 20.4 Å². The van der Waals surface area contributed by atoms with Gasteiger partial charge in [-0.05, 0) is 47.3 Å². The predicted octanol–water partition coefficient (Wildman–Crippen LogP) is 2.42. The van der Waals surface area contributed by atoms with Crippen LogP contribution < -0.4 is 20.3 Å². The van der Waals surface area contributed by atoms with Crippen molar-refractivity contribution in [1.29, 1.82) is 0 Å². The monoisotopic (exact) mass is 370 g/mol. The van der Waals surface area contributed by atoms with E-state index in [-0.39, 0.29) is 11.8 Å². The Balaban J connectivity index is 2.07. The van der Waals surface area contributed by atoms with Gasteiger partial charge in [-0.25, -0.2) is 0 Å². The summed E-state index contributed by atoms with van der Waals surface area (Å²) in [6.45, 7) is 2.56. The Kier molecular flexibility index (Phi) is 5.65. The summed E-state index contributed by atoms with van der Waals surface area (Å²) in [5.74, 6) is 0.494. The van der Waals surface area contributed by atoms with Crippen LogP contribution in [0.1, 0.15) is 36.5 Å². The zero-order valence-corrected chi connectivity index (χ0v) is 14.2. The molecule has 1 aromatic carbocycles. The second-order valence-electron chi connectivity index (χ2n) is 5.06. The summed E-state index contributed by atoms with van der Waals surface area (Å²) in [4.78, 5) is 23.6. The molecule has 7 heteroatoms. The van der Waals surface area contributed by atoms with Crippen LogP contribution in [0, 0.1) is 5.92 Å². The highest BCUT2D eigenvalue weighted by Crippen LogP contribution is 2.36. The molecule has 6 nitrogen and oxygen atoms in total. The molecule has 0 heterocycles. The Hall–Kier alpha value is -1.76. The van der Waals surface area contributed by atoms with Crippen molar-refractivity contribution >= 4 is 27.7 Å². The Morgan fingerprint density at radius 2 is 2.05 bits per heavy atom. The van der Waals surface area contributed by atoms with Crippen molar-refractivity contribution in [3.05, 3.63) is 22.2 Å². The summed E-state index contributed by atoms with van der Waals surface area (Å²) >= 11 is 3.38. The first-order chi connectivity index (χ1) is 10.6. The fourth-order valence-corrected chi connectivity index (χ4v) is 2.39. The maximum Gasteiger partial charge on any atom is 0.269 e. The molecule has 1 aliphatic rings. The average Bonchev–Trinajstić information content (AvgIpc) is 3.35. The number of hydrazine groups is 1. The normalized spacial score (nSPS) is 13.4. The fourth-order valence-electron chi connectivity index (χ4n) is 1.83. The molecule has 120 valence electrons. The number of carbonyl (C=O) groups excluding carboxylic acids is 2. The number of nitrogens with one attached hydrogen (secondary N) is 2. The standard InChI is InChI=1S/C15H19BrN2O4/c1-3-6-22-13-11(16)7-10(8-12(13)21-2)15(20)18-17-14(19)9-4-5-9/h7-9H,3-6H2,1-2H3,(H,17,19)(H,18,20). The molecule has 0 unspecified atom stereocenters.